The Morgan fingerprint density at radius 3 is 2.51 bits per heavy atom. The molecule has 1 saturated heterocycles. The van der Waals surface area contributed by atoms with E-state index >= 15 is 0 Å². The van der Waals surface area contributed by atoms with Crippen molar-refractivity contribution in [3.63, 3.8) is 0 Å². The second-order valence-electron chi connectivity index (χ2n) is 9.73. The highest BCUT2D eigenvalue weighted by Crippen LogP contribution is 2.43. The predicted octanol–water partition coefficient (Wildman–Crippen LogP) is 6.86. The number of fused-ring (bicyclic) bond motifs is 1. The molecule has 0 saturated carbocycles. The van der Waals surface area contributed by atoms with Crippen LogP contribution in [-0.2, 0) is 4.79 Å². The third-order valence-electron chi connectivity index (χ3n) is 7.28. The lowest BCUT2D eigenvalue weighted by Gasteiger charge is -2.29. The van der Waals surface area contributed by atoms with Gasteiger partial charge in [-0.15, -0.1) is 0 Å². The van der Waals surface area contributed by atoms with Gasteiger partial charge in [-0.1, -0.05) is 43.3 Å². The Morgan fingerprint density at radius 2 is 1.74 bits per heavy atom. The fourth-order valence-corrected chi connectivity index (χ4v) is 5.65. The molecule has 7 heteroatoms. The summed E-state index contributed by atoms with van der Waals surface area (Å²) in [5.41, 5.74) is 5.83. The Balaban J connectivity index is 1.46. The Hall–Kier alpha value is -4.49. The van der Waals surface area contributed by atoms with E-state index in [1.165, 1.54) is 10.8 Å². The number of carbonyl (C=O) groups excluding carboxylic acids is 1. The van der Waals surface area contributed by atoms with Gasteiger partial charge in [0.2, 0.25) is 5.91 Å². The number of aromatic nitrogens is 2. The number of rotatable bonds is 6. The summed E-state index contributed by atoms with van der Waals surface area (Å²) in [6.45, 7) is 3.85. The fourth-order valence-electron chi connectivity index (χ4n) is 5.31. The largest absolute Gasteiger partial charge is 0.351 e. The first-order valence-corrected chi connectivity index (χ1v) is 13.5. The molecule has 1 aliphatic rings. The number of anilines is 2. The molecule has 0 bridgehead atoms. The number of nitrogens with one attached hydrogen (secondary N) is 2. The fraction of sp³-hybridized carbons (Fsp3) is 0.156. The monoisotopic (exact) mass is 531 g/mol. The Morgan fingerprint density at radius 1 is 0.949 bits per heavy atom. The zero-order valence-electron chi connectivity index (χ0n) is 21.8. The van der Waals surface area contributed by atoms with Crippen molar-refractivity contribution in [2.75, 3.05) is 10.2 Å². The van der Waals surface area contributed by atoms with Crippen LogP contribution in [0.15, 0.2) is 103 Å². The molecule has 6 rings (SSSR count). The van der Waals surface area contributed by atoms with Crippen molar-refractivity contribution in [1.29, 1.82) is 0 Å². The summed E-state index contributed by atoms with van der Waals surface area (Å²) in [5, 5.41) is 9.57. The molecule has 0 radical (unpaired) electrons. The van der Waals surface area contributed by atoms with Crippen molar-refractivity contribution in [3.05, 3.63) is 120 Å². The lowest BCUT2D eigenvalue weighted by Crippen LogP contribution is -2.30. The van der Waals surface area contributed by atoms with Gasteiger partial charge in [0.1, 0.15) is 6.04 Å². The average molecular weight is 532 g/mol. The molecular weight excluding hydrogens is 502 g/mol. The van der Waals surface area contributed by atoms with Crippen LogP contribution in [-0.4, -0.2) is 20.6 Å². The zero-order chi connectivity index (χ0) is 26.9. The van der Waals surface area contributed by atoms with Crippen LogP contribution >= 0.6 is 12.2 Å². The van der Waals surface area contributed by atoms with E-state index in [9.17, 15) is 4.79 Å². The van der Waals surface area contributed by atoms with E-state index in [0.29, 0.717) is 11.5 Å². The van der Waals surface area contributed by atoms with Gasteiger partial charge in [0.25, 0.3) is 0 Å². The van der Waals surface area contributed by atoms with Crippen LogP contribution in [0.1, 0.15) is 42.4 Å². The van der Waals surface area contributed by atoms with Gasteiger partial charge in [-0.2, -0.15) is 0 Å². The molecule has 3 aromatic carbocycles. The van der Waals surface area contributed by atoms with Crippen molar-refractivity contribution < 1.29 is 4.79 Å². The van der Waals surface area contributed by atoms with E-state index in [1.54, 1.807) is 0 Å². The second-order valence-corrected chi connectivity index (χ2v) is 10.1. The van der Waals surface area contributed by atoms with Crippen molar-refractivity contribution >= 4 is 45.4 Å². The first-order valence-electron chi connectivity index (χ1n) is 13.1. The molecular formula is C32H29N5OS. The quantitative estimate of drug-likeness (QED) is 0.234. The van der Waals surface area contributed by atoms with Crippen LogP contribution in [0.2, 0.25) is 0 Å². The van der Waals surface area contributed by atoms with Crippen molar-refractivity contribution in [2.45, 2.75) is 32.4 Å². The maximum absolute atomic E-state index is 12.0. The highest BCUT2D eigenvalue weighted by atomic mass is 32.1. The van der Waals surface area contributed by atoms with Crippen LogP contribution in [0.3, 0.4) is 0 Å². The molecule has 0 unspecified atom stereocenters. The molecule has 0 spiro atoms. The lowest BCUT2D eigenvalue weighted by atomic mass is 10.00. The Kier molecular flexibility index (Phi) is 6.59. The molecule has 39 heavy (non-hydrogen) atoms. The number of benzene rings is 3. The smallest absolute Gasteiger partial charge is 0.224 e. The third kappa shape index (κ3) is 4.66. The molecule has 2 N–H and O–H groups in total. The van der Waals surface area contributed by atoms with Gasteiger partial charge in [-0.05, 0) is 90.1 Å². The SMILES string of the molecule is CCC(=O)Nc1ccc(N2C(=S)N[C@@H](c3ccccn3)[C@@H]2c2cccn2-c2ccc3ccccc3c2)cc1C. The lowest BCUT2D eigenvalue weighted by molar-refractivity contribution is -0.115. The van der Waals surface area contributed by atoms with E-state index < -0.39 is 0 Å². The highest BCUT2D eigenvalue weighted by Gasteiger charge is 2.42. The van der Waals surface area contributed by atoms with Gasteiger partial charge >= 0.3 is 0 Å². The first kappa shape index (κ1) is 24.8. The van der Waals surface area contributed by atoms with Crippen molar-refractivity contribution in [1.82, 2.24) is 14.9 Å². The van der Waals surface area contributed by atoms with E-state index in [1.807, 2.05) is 50.4 Å². The predicted molar refractivity (Wildman–Crippen MR) is 161 cm³/mol. The number of nitrogens with zero attached hydrogens (tertiary/aromatic N) is 3. The summed E-state index contributed by atoms with van der Waals surface area (Å²) < 4.78 is 2.23. The standard InChI is InChI=1S/C32H29N5OS/c1-3-29(38)34-26-16-15-25(19-21(26)2)37-31(30(35-32(37)39)27-11-6-7-17-33-27)28-12-8-18-36(28)24-14-13-22-9-4-5-10-23(22)20-24/h4-20,30-31H,3H2,1-2H3,(H,34,38)(H,35,39)/t30-,31-/m0/s1. The summed E-state index contributed by atoms with van der Waals surface area (Å²) in [5.74, 6) is -0.00878. The van der Waals surface area contributed by atoms with Crippen LogP contribution < -0.4 is 15.5 Å². The maximum Gasteiger partial charge on any atom is 0.224 e. The van der Waals surface area contributed by atoms with Crippen LogP contribution in [0.5, 0.6) is 0 Å². The first-order chi connectivity index (χ1) is 19.0. The number of thiocarbonyl (C=S) groups is 1. The minimum Gasteiger partial charge on any atom is -0.351 e. The van der Waals surface area contributed by atoms with E-state index in [2.05, 4.69) is 87.0 Å². The molecule has 1 aliphatic heterocycles. The normalized spacial score (nSPS) is 16.9. The van der Waals surface area contributed by atoms with Gasteiger partial charge in [-0.3, -0.25) is 9.78 Å². The molecule has 6 nitrogen and oxygen atoms in total. The topological polar surface area (TPSA) is 62.2 Å². The van der Waals surface area contributed by atoms with E-state index in [0.717, 1.165) is 34.0 Å². The summed E-state index contributed by atoms with van der Waals surface area (Å²) in [6, 6.07) is 30.8. The average Bonchev–Trinajstić information content (AvgIpc) is 3.58. The van der Waals surface area contributed by atoms with E-state index in [-0.39, 0.29) is 18.0 Å². The van der Waals surface area contributed by atoms with Gasteiger partial charge in [0, 0.05) is 41.6 Å². The molecule has 5 aromatic rings. The number of carbonyl (C=O) groups is 1. The molecule has 194 valence electrons. The number of pyridine rings is 1. The minimum atomic E-state index is -0.163. The summed E-state index contributed by atoms with van der Waals surface area (Å²) >= 11 is 5.95. The molecule has 1 fully saturated rings. The van der Waals surface area contributed by atoms with Crippen LogP contribution in [0, 0.1) is 6.92 Å². The number of hydrogen-bond acceptors (Lipinski definition) is 3. The zero-order valence-corrected chi connectivity index (χ0v) is 22.7. The van der Waals surface area contributed by atoms with Gasteiger partial charge in [0.05, 0.1) is 11.7 Å². The molecule has 1 amide bonds. The highest BCUT2D eigenvalue weighted by molar-refractivity contribution is 7.80. The third-order valence-corrected chi connectivity index (χ3v) is 7.59. The van der Waals surface area contributed by atoms with Gasteiger partial charge in [-0.25, -0.2) is 0 Å². The molecule has 0 aliphatic carbocycles. The molecule has 2 atom stereocenters. The Labute approximate surface area is 233 Å². The van der Waals surface area contributed by atoms with Gasteiger partial charge in [0.15, 0.2) is 5.11 Å². The molecule has 2 aromatic heterocycles. The van der Waals surface area contributed by atoms with Crippen LogP contribution in [0.25, 0.3) is 16.5 Å². The Bertz CT molecular complexity index is 1680. The van der Waals surface area contributed by atoms with Crippen molar-refractivity contribution in [2.24, 2.45) is 0 Å². The minimum absolute atomic E-state index is 0.00878. The van der Waals surface area contributed by atoms with E-state index in [4.69, 9.17) is 17.2 Å². The number of amides is 1. The summed E-state index contributed by atoms with van der Waals surface area (Å²) in [7, 11) is 0. The number of aryl methyl sites for hydroxylation is 1. The van der Waals surface area contributed by atoms with Gasteiger partial charge < -0.3 is 20.1 Å². The summed E-state index contributed by atoms with van der Waals surface area (Å²) in [6.07, 6.45) is 4.35. The molecule has 3 heterocycles. The van der Waals surface area contributed by atoms with Crippen LogP contribution in [0.4, 0.5) is 11.4 Å². The summed E-state index contributed by atoms with van der Waals surface area (Å²) in [4.78, 5) is 18.9. The second kappa shape index (κ2) is 10.3. The van der Waals surface area contributed by atoms with Crippen molar-refractivity contribution in [3.8, 4) is 5.69 Å². The maximum atomic E-state index is 12.0. The number of hydrogen-bond donors (Lipinski definition) is 2.